The Balaban J connectivity index is 1.42. The normalized spacial score (nSPS) is 15.6. The number of carbonyl (C=O) groups excluding carboxylic acids is 1. The first-order valence-electron chi connectivity index (χ1n) is 9.27. The number of nitrogens with zero attached hydrogens (tertiary/aromatic N) is 3. The van der Waals surface area contributed by atoms with Crippen LogP contribution in [-0.4, -0.2) is 35.1 Å². The Labute approximate surface area is 165 Å². The molecule has 1 aromatic heterocycles. The number of hydrogen-bond donors (Lipinski definition) is 2. The van der Waals surface area contributed by atoms with Gasteiger partial charge >= 0.3 is 12.2 Å². The van der Waals surface area contributed by atoms with E-state index in [-0.39, 0.29) is 12.8 Å². The van der Waals surface area contributed by atoms with Crippen LogP contribution in [0.3, 0.4) is 0 Å². The summed E-state index contributed by atoms with van der Waals surface area (Å²) in [6.45, 7) is 0.801. The van der Waals surface area contributed by atoms with Crippen molar-refractivity contribution >= 4 is 34.0 Å². The van der Waals surface area contributed by atoms with E-state index in [4.69, 9.17) is 5.73 Å². The number of carbonyl (C=O) groups is 1. The predicted molar refractivity (Wildman–Crippen MR) is 105 cm³/mol. The quantitative estimate of drug-likeness (QED) is 0.676. The van der Waals surface area contributed by atoms with E-state index in [1.54, 1.807) is 12.3 Å². The lowest BCUT2D eigenvalue weighted by Crippen LogP contribution is -2.38. The minimum atomic E-state index is -4.10. The molecule has 2 heterocycles. The van der Waals surface area contributed by atoms with E-state index in [1.165, 1.54) is 0 Å². The molecule has 2 aromatic carbocycles. The van der Waals surface area contributed by atoms with E-state index in [9.17, 15) is 18.0 Å². The minimum Gasteiger partial charge on any atom is -0.372 e. The number of hydrogen-bond acceptors (Lipinski definition) is 4. The van der Waals surface area contributed by atoms with Crippen molar-refractivity contribution in [3.8, 4) is 0 Å². The molecule has 6 nitrogen and oxygen atoms in total. The van der Waals surface area contributed by atoms with Crippen molar-refractivity contribution in [2.75, 3.05) is 23.3 Å². The molecule has 1 aliphatic rings. The van der Waals surface area contributed by atoms with Gasteiger partial charge in [0.05, 0.1) is 17.6 Å². The van der Waals surface area contributed by atoms with Gasteiger partial charge in [-0.3, -0.25) is 0 Å². The Bertz CT molecular complexity index is 1020. The highest BCUT2D eigenvalue weighted by Gasteiger charge is 2.41. The number of fused-ring (bicyclic) bond motifs is 1. The van der Waals surface area contributed by atoms with Crippen molar-refractivity contribution in [1.29, 1.82) is 0 Å². The van der Waals surface area contributed by atoms with Crippen molar-refractivity contribution in [3.63, 3.8) is 0 Å². The van der Waals surface area contributed by atoms with Gasteiger partial charge in [0.15, 0.2) is 0 Å². The third kappa shape index (κ3) is 3.98. The Kier molecular flexibility index (Phi) is 4.81. The number of anilines is 3. The number of primary amides is 1. The molecule has 152 valence electrons. The third-order valence-electron chi connectivity index (χ3n) is 5.26. The maximum absolute atomic E-state index is 12.8. The Hall–Kier alpha value is -3.23. The van der Waals surface area contributed by atoms with E-state index >= 15 is 0 Å². The topological polar surface area (TPSA) is 76.2 Å². The van der Waals surface area contributed by atoms with Gasteiger partial charge in [0.25, 0.3) is 0 Å². The minimum absolute atomic E-state index is 0.127. The van der Waals surface area contributed by atoms with Crippen LogP contribution in [-0.2, 0) is 0 Å². The van der Waals surface area contributed by atoms with E-state index in [1.807, 2.05) is 41.3 Å². The largest absolute Gasteiger partial charge is 0.391 e. The fourth-order valence-electron chi connectivity index (χ4n) is 3.67. The average molecular weight is 403 g/mol. The molecular weight excluding hydrogens is 383 g/mol. The van der Waals surface area contributed by atoms with Crippen LogP contribution in [0.1, 0.15) is 12.8 Å². The second-order valence-electron chi connectivity index (χ2n) is 7.14. The maximum Gasteiger partial charge on any atom is 0.391 e. The fraction of sp³-hybridized carbons (Fsp3) is 0.300. The zero-order valence-electron chi connectivity index (χ0n) is 15.5. The summed E-state index contributed by atoms with van der Waals surface area (Å²) in [7, 11) is 0. The van der Waals surface area contributed by atoms with E-state index in [0.29, 0.717) is 18.6 Å². The summed E-state index contributed by atoms with van der Waals surface area (Å²) < 4.78 is 39.6. The first-order valence-corrected chi connectivity index (χ1v) is 9.27. The highest BCUT2D eigenvalue weighted by molar-refractivity contribution is 5.91. The number of piperidine rings is 1. The second-order valence-corrected chi connectivity index (χ2v) is 7.14. The molecule has 0 bridgehead atoms. The number of nitrogens with one attached hydrogen (secondary N) is 1. The SMILES string of the molecule is NC(=O)n1ncc2cc(Nc3ccc(N4CCC(C(F)(F)F)CC4)cc3)ccc21. The van der Waals surface area contributed by atoms with E-state index < -0.39 is 18.1 Å². The van der Waals surface area contributed by atoms with Crippen molar-refractivity contribution < 1.29 is 18.0 Å². The summed E-state index contributed by atoms with van der Waals surface area (Å²) in [6, 6.07) is 12.4. The van der Waals surface area contributed by atoms with Gasteiger partial charge in [-0.05, 0) is 55.3 Å². The lowest BCUT2D eigenvalue weighted by Gasteiger charge is -2.34. The number of aromatic nitrogens is 2. The van der Waals surface area contributed by atoms with Crippen molar-refractivity contribution in [3.05, 3.63) is 48.7 Å². The van der Waals surface area contributed by atoms with Crippen LogP contribution in [0.5, 0.6) is 0 Å². The van der Waals surface area contributed by atoms with Gasteiger partial charge in [-0.25, -0.2) is 4.79 Å². The number of halogens is 3. The number of benzene rings is 2. The lowest BCUT2D eigenvalue weighted by atomic mass is 9.96. The molecule has 1 saturated heterocycles. The van der Waals surface area contributed by atoms with Crippen LogP contribution >= 0.6 is 0 Å². The molecule has 29 heavy (non-hydrogen) atoms. The van der Waals surface area contributed by atoms with E-state index in [2.05, 4.69) is 10.4 Å². The summed E-state index contributed by atoms with van der Waals surface area (Å²) in [6.07, 6.45) is -2.28. The monoisotopic (exact) mass is 403 g/mol. The van der Waals surface area contributed by atoms with Gasteiger partial charge < -0.3 is 16.0 Å². The van der Waals surface area contributed by atoms with Gasteiger partial charge in [-0.15, -0.1) is 0 Å². The summed E-state index contributed by atoms with van der Waals surface area (Å²) in [4.78, 5) is 13.3. The van der Waals surface area contributed by atoms with Gasteiger partial charge in [-0.2, -0.15) is 23.0 Å². The maximum atomic E-state index is 12.8. The molecular formula is C20H20F3N5O. The van der Waals surface area contributed by atoms with Crippen LogP contribution in [0.2, 0.25) is 0 Å². The molecule has 1 aliphatic heterocycles. The molecule has 0 aliphatic carbocycles. The molecule has 1 fully saturated rings. The third-order valence-corrected chi connectivity index (χ3v) is 5.26. The van der Waals surface area contributed by atoms with Crippen LogP contribution in [0.4, 0.5) is 35.0 Å². The molecule has 0 unspecified atom stereocenters. The molecule has 3 N–H and O–H groups in total. The molecule has 4 rings (SSSR count). The molecule has 0 atom stereocenters. The first kappa shape index (κ1) is 19.1. The lowest BCUT2D eigenvalue weighted by molar-refractivity contribution is -0.179. The average Bonchev–Trinajstić information content (AvgIpc) is 3.12. The van der Waals surface area contributed by atoms with Crippen LogP contribution in [0.25, 0.3) is 10.9 Å². The number of alkyl halides is 3. The summed E-state index contributed by atoms with van der Waals surface area (Å²) in [5.41, 5.74) is 8.48. The Morgan fingerprint density at radius 3 is 2.34 bits per heavy atom. The fourth-order valence-corrected chi connectivity index (χ4v) is 3.67. The van der Waals surface area contributed by atoms with Crippen LogP contribution in [0.15, 0.2) is 48.7 Å². The van der Waals surface area contributed by atoms with Gasteiger partial charge in [-0.1, -0.05) is 0 Å². The molecule has 9 heteroatoms. The molecule has 3 aromatic rings. The van der Waals surface area contributed by atoms with E-state index in [0.717, 1.165) is 27.1 Å². The zero-order valence-corrected chi connectivity index (χ0v) is 15.5. The zero-order chi connectivity index (χ0) is 20.6. The summed E-state index contributed by atoms with van der Waals surface area (Å²) in [5, 5.41) is 8.01. The van der Waals surface area contributed by atoms with Gasteiger partial charge in [0, 0.05) is 35.5 Å². The summed E-state index contributed by atoms with van der Waals surface area (Å²) >= 11 is 0. The van der Waals surface area contributed by atoms with Crippen LogP contribution in [0, 0.1) is 5.92 Å². The highest BCUT2D eigenvalue weighted by Crippen LogP contribution is 2.35. The van der Waals surface area contributed by atoms with Crippen LogP contribution < -0.4 is 16.0 Å². The second kappa shape index (κ2) is 7.31. The van der Waals surface area contributed by atoms with Crippen molar-refractivity contribution in [2.24, 2.45) is 11.7 Å². The van der Waals surface area contributed by atoms with Crippen molar-refractivity contribution in [1.82, 2.24) is 9.78 Å². The van der Waals surface area contributed by atoms with Crippen molar-refractivity contribution in [2.45, 2.75) is 19.0 Å². The highest BCUT2D eigenvalue weighted by atomic mass is 19.4. The smallest absolute Gasteiger partial charge is 0.372 e. The Morgan fingerprint density at radius 2 is 1.72 bits per heavy atom. The molecule has 0 radical (unpaired) electrons. The molecule has 1 amide bonds. The number of amides is 1. The Morgan fingerprint density at radius 1 is 1.07 bits per heavy atom. The standard InChI is InChI=1S/C20H20F3N5O/c21-20(22,23)14-7-9-27(10-8-14)17-4-1-15(2-5-17)26-16-3-6-18-13(11-16)12-25-28(18)19(24)29/h1-6,11-12,14,26H,7-10H2,(H2,24,29). The van der Waals surface area contributed by atoms with Gasteiger partial charge in [0.2, 0.25) is 0 Å². The first-order chi connectivity index (χ1) is 13.8. The number of rotatable bonds is 3. The predicted octanol–water partition coefficient (Wildman–Crippen LogP) is 4.49. The van der Waals surface area contributed by atoms with Gasteiger partial charge in [0.1, 0.15) is 0 Å². The number of nitrogens with two attached hydrogens (primary N) is 1. The molecule has 0 spiro atoms. The molecule has 0 saturated carbocycles. The summed E-state index contributed by atoms with van der Waals surface area (Å²) in [5.74, 6) is -1.20.